The first-order valence-corrected chi connectivity index (χ1v) is 8.20. The summed E-state index contributed by atoms with van der Waals surface area (Å²) >= 11 is 10.2. The minimum absolute atomic E-state index is 0.0967. The minimum atomic E-state index is -0.0967. The second-order valence-electron chi connectivity index (χ2n) is 5.66. The highest BCUT2D eigenvalue weighted by molar-refractivity contribution is 9.10. The molecule has 2 aromatic rings. The molecule has 2 rings (SSSR count). The molecule has 0 amide bonds. The lowest BCUT2D eigenvalue weighted by atomic mass is 9.97. The molecule has 0 aliphatic carbocycles. The molecule has 0 radical (unpaired) electrons. The molecule has 0 bridgehead atoms. The van der Waals surface area contributed by atoms with Crippen LogP contribution in [0.4, 0.5) is 0 Å². The lowest BCUT2D eigenvalue weighted by Gasteiger charge is -2.15. The van der Waals surface area contributed by atoms with E-state index >= 15 is 0 Å². The van der Waals surface area contributed by atoms with Crippen LogP contribution in [0.5, 0.6) is 0 Å². The van der Waals surface area contributed by atoms with Gasteiger partial charge >= 0.3 is 0 Å². The van der Waals surface area contributed by atoms with Crippen LogP contribution in [-0.2, 0) is 6.42 Å². The van der Waals surface area contributed by atoms with Crippen molar-refractivity contribution in [2.75, 3.05) is 0 Å². The Kier molecular flexibility index (Phi) is 5.29. The molecule has 0 aliphatic rings. The highest BCUT2D eigenvalue weighted by atomic mass is 79.9. The van der Waals surface area contributed by atoms with Gasteiger partial charge in [0.25, 0.3) is 0 Å². The lowest BCUT2D eigenvalue weighted by Crippen LogP contribution is -1.98. The molecule has 0 saturated heterocycles. The second kappa shape index (κ2) is 6.78. The van der Waals surface area contributed by atoms with Crippen molar-refractivity contribution in [2.45, 2.75) is 32.6 Å². The van der Waals surface area contributed by atoms with E-state index in [-0.39, 0.29) is 5.38 Å². The maximum absolute atomic E-state index is 6.65. The molecule has 0 aromatic heterocycles. The molecule has 1 atom stereocenters. The summed E-state index contributed by atoms with van der Waals surface area (Å²) in [6.07, 6.45) is 1.11. The number of rotatable bonds is 4. The summed E-state index contributed by atoms with van der Waals surface area (Å²) in [5.74, 6) is 0.681. The van der Waals surface area contributed by atoms with E-state index in [0.717, 1.165) is 22.0 Å². The standard InChI is InChI=1S/C18H20BrCl/c1-12(2)11-14-7-9-15(10-8-14)18(20)16-5-4-6-17(19)13(16)3/h4-10,12,18H,11H2,1-3H3. The Morgan fingerprint density at radius 3 is 2.30 bits per heavy atom. The topological polar surface area (TPSA) is 0 Å². The number of hydrogen-bond donors (Lipinski definition) is 0. The molecule has 1 unspecified atom stereocenters. The molecule has 0 nitrogen and oxygen atoms in total. The average Bonchev–Trinajstić information content (AvgIpc) is 2.41. The first-order chi connectivity index (χ1) is 9.49. The van der Waals surface area contributed by atoms with Crippen molar-refractivity contribution in [3.63, 3.8) is 0 Å². The van der Waals surface area contributed by atoms with E-state index in [4.69, 9.17) is 11.6 Å². The zero-order valence-electron chi connectivity index (χ0n) is 12.2. The summed E-state index contributed by atoms with van der Waals surface area (Å²) in [6, 6.07) is 14.9. The van der Waals surface area contributed by atoms with Gasteiger partial charge in [-0.25, -0.2) is 0 Å². The molecule has 0 spiro atoms. The highest BCUT2D eigenvalue weighted by Gasteiger charge is 2.14. The maximum atomic E-state index is 6.65. The molecule has 106 valence electrons. The van der Waals surface area contributed by atoms with Gasteiger partial charge in [0.1, 0.15) is 0 Å². The predicted molar refractivity (Wildman–Crippen MR) is 91.6 cm³/mol. The smallest absolute Gasteiger partial charge is 0.0838 e. The normalized spacial score (nSPS) is 12.7. The monoisotopic (exact) mass is 350 g/mol. The van der Waals surface area contributed by atoms with Gasteiger partial charge in [-0.1, -0.05) is 66.2 Å². The van der Waals surface area contributed by atoms with E-state index in [9.17, 15) is 0 Å². The minimum Gasteiger partial charge on any atom is -0.113 e. The van der Waals surface area contributed by atoms with E-state index < -0.39 is 0 Å². The van der Waals surface area contributed by atoms with Crippen molar-refractivity contribution in [2.24, 2.45) is 5.92 Å². The molecular formula is C18H20BrCl. The number of hydrogen-bond acceptors (Lipinski definition) is 0. The first-order valence-electron chi connectivity index (χ1n) is 6.97. The van der Waals surface area contributed by atoms with Crippen molar-refractivity contribution < 1.29 is 0 Å². The third-order valence-electron chi connectivity index (χ3n) is 3.50. The molecule has 0 fully saturated rings. The van der Waals surface area contributed by atoms with Crippen LogP contribution in [0.15, 0.2) is 46.9 Å². The van der Waals surface area contributed by atoms with Gasteiger partial charge in [0.2, 0.25) is 0 Å². The summed E-state index contributed by atoms with van der Waals surface area (Å²) in [7, 11) is 0. The van der Waals surface area contributed by atoms with Gasteiger partial charge in [0, 0.05) is 4.47 Å². The molecular weight excluding hydrogens is 332 g/mol. The summed E-state index contributed by atoms with van der Waals surface area (Å²) in [4.78, 5) is 0. The van der Waals surface area contributed by atoms with Gasteiger partial charge < -0.3 is 0 Å². The Balaban J connectivity index is 2.25. The van der Waals surface area contributed by atoms with E-state index in [0.29, 0.717) is 5.92 Å². The fraction of sp³-hybridized carbons (Fsp3) is 0.333. The summed E-state index contributed by atoms with van der Waals surface area (Å²) < 4.78 is 1.11. The summed E-state index contributed by atoms with van der Waals surface area (Å²) in [5, 5.41) is -0.0967. The Bertz CT molecular complexity index is 572. The molecule has 0 heterocycles. The largest absolute Gasteiger partial charge is 0.113 e. The van der Waals surface area contributed by atoms with Crippen LogP contribution >= 0.6 is 27.5 Å². The van der Waals surface area contributed by atoms with Crippen LogP contribution in [0.25, 0.3) is 0 Å². The van der Waals surface area contributed by atoms with Gasteiger partial charge in [-0.15, -0.1) is 11.6 Å². The van der Waals surface area contributed by atoms with Crippen molar-refractivity contribution in [3.8, 4) is 0 Å². The second-order valence-corrected chi connectivity index (χ2v) is 6.95. The van der Waals surface area contributed by atoms with Crippen molar-refractivity contribution in [3.05, 3.63) is 69.2 Å². The van der Waals surface area contributed by atoms with E-state index in [2.05, 4.69) is 67.0 Å². The molecule has 2 heteroatoms. The van der Waals surface area contributed by atoms with Crippen LogP contribution in [0.3, 0.4) is 0 Å². The average molecular weight is 352 g/mol. The van der Waals surface area contributed by atoms with Crippen LogP contribution in [0, 0.1) is 12.8 Å². The molecule has 0 aliphatic heterocycles. The van der Waals surface area contributed by atoms with Gasteiger partial charge in [-0.2, -0.15) is 0 Å². The summed E-state index contributed by atoms with van der Waals surface area (Å²) in [5.41, 5.74) is 4.90. The third-order valence-corrected chi connectivity index (χ3v) is 4.85. The Morgan fingerprint density at radius 2 is 1.70 bits per heavy atom. The lowest BCUT2D eigenvalue weighted by molar-refractivity contribution is 0.647. The Labute approximate surface area is 135 Å². The molecule has 2 aromatic carbocycles. The third kappa shape index (κ3) is 3.65. The summed E-state index contributed by atoms with van der Waals surface area (Å²) in [6.45, 7) is 6.58. The maximum Gasteiger partial charge on any atom is 0.0838 e. The van der Waals surface area contributed by atoms with Gasteiger partial charge in [-0.05, 0) is 47.6 Å². The molecule has 0 N–H and O–H groups in total. The fourth-order valence-corrected chi connectivity index (χ4v) is 3.14. The van der Waals surface area contributed by atoms with Gasteiger partial charge in [0.15, 0.2) is 0 Å². The number of benzene rings is 2. The van der Waals surface area contributed by atoms with Crippen molar-refractivity contribution in [1.29, 1.82) is 0 Å². The predicted octanol–water partition coefficient (Wildman–Crippen LogP) is 6.28. The van der Waals surface area contributed by atoms with Crippen LogP contribution in [-0.4, -0.2) is 0 Å². The molecule has 20 heavy (non-hydrogen) atoms. The molecule has 0 saturated carbocycles. The zero-order chi connectivity index (χ0) is 14.7. The Hall–Kier alpha value is -0.790. The Morgan fingerprint density at radius 1 is 1.05 bits per heavy atom. The SMILES string of the molecule is Cc1c(Br)cccc1C(Cl)c1ccc(CC(C)C)cc1. The van der Waals surface area contributed by atoms with E-state index in [1.807, 2.05) is 12.1 Å². The van der Waals surface area contributed by atoms with Gasteiger partial charge in [0.05, 0.1) is 5.38 Å². The first kappa shape index (κ1) is 15.6. The van der Waals surface area contributed by atoms with Crippen LogP contribution < -0.4 is 0 Å². The highest BCUT2D eigenvalue weighted by Crippen LogP contribution is 2.33. The zero-order valence-corrected chi connectivity index (χ0v) is 14.5. The van der Waals surface area contributed by atoms with Crippen LogP contribution in [0.2, 0.25) is 0 Å². The quantitative estimate of drug-likeness (QED) is 0.568. The van der Waals surface area contributed by atoms with E-state index in [1.54, 1.807) is 0 Å². The number of halogens is 2. The van der Waals surface area contributed by atoms with Crippen molar-refractivity contribution >= 4 is 27.5 Å². The number of alkyl halides is 1. The van der Waals surface area contributed by atoms with Gasteiger partial charge in [-0.3, -0.25) is 0 Å². The van der Waals surface area contributed by atoms with Crippen molar-refractivity contribution in [1.82, 2.24) is 0 Å². The fourth-order valence-electron chi connectivity index (χ4n) is 2.37. The van der Waals surface area contributed by atoms with E-state index in [1.165, 1.54) is 11.1 Å². The van der Waals surface area contributed by atoms with Crippen LogP contribution in [0.1, 0.15) is 41.5 Å².